The summed E-state index contributed by atoms with van der Waals surface area (Å²) in [7, 11) is 0. The predicted molar refractivity (Wildman–Crippen MR) is 89.5 cm³/mol. The molecule has 1 aromatic rings. The lowest BCUT2D eigenvalue weighted by molar-refractivity contribution is -0.139. The number of hydrogen-bond donors (Lipinski definition) is 2. The van der Waals surface area contributed by atoms with Crippen LogP contribution in [0, 0.1) is 12.8 Å². The molecule has 24 heavy (non-hydrogen) atoms. The van der Waals surface area contributed by atoms with Gasteiger partial charge in [0.1, 0.15) is 11.9 Å². The van der Waals surface area contributed by atoms with Gasteiger partial charge in [-0.3, -0.25) is 9.59 Å². The second-order valence-corrected chi connectivity index (χ2v) is 6.36. The Bertz CT molecular complexity index is 601. The number of rotatable bonds is 3. The minimum atomic E-state index is -0.293. The molecule has 0 spiro atoms. The van der Waals surface area contributed by atoms with Gasteiger partial charge in [-0.15, -0.1) is 0 Å². The van der Waals surface area contributed by atoms with Gasteiger partial charge in [-0.05, 0) is 31.9 Å². The molecule has 2 N–H and O–H groups in total. The van der Waals surface area contributed by atoms with Crippen molar-refractivity contribution in [2.75, 3.05) is 38.2 Å². The number of pyridine rings is 1. The molecule has 0 bridgehead atoms. The van der Waals surface area contributed by atoms with Gasteiger partial charge in [0.2, 0.25) is 11.8 Å². The molecule has 0 saturated carbocycles. The van der Waals surface area contributed by atoms with Gasteiger partial charge in [-0.25, -0.2) is 4.98 Å². The summed E-state index contributed by atoms with van der Waals surface area (Å²) in [5, 5.41) is 6.04. The number of carbonyl (C=O) groups is 2. The third kappa shape index (κ3) is 4.10. The maximum absolute atomic E-state index is 12.6. The topological polar surface area (TPSA) is 83.6 Å². The molecule has 2 aliphatic heterocycles. The molecule has 3 rings (SSSR count). The third-order valence-electron chi connectivity index (χ3n) is 4.46. The van der Waals surface area contributed by atoms with Gasteiger partial charge in [0.25, 0.3) is 0 Å². The van der Waals surface area contributed by atoms with E-state index in [1.807, 2.05) is 19.1 Å². The minimum absolute atomic E-state index is 0.0286. The Labute approximate surface area is 141 Å². The summed E-state index contributed by atoms with van der Waals surface area (Å²) in [5.74, 6) is 0.319. The molecule has 2 atom stereocenters. The Kier molecular flexibility index (Phi) is 5.42. The molecular formula is C17H24N4O3. The van der Waals surface area contributed by atoms with Crippen LogP contribution in [-0.4, -0.2) is 60.6 Å². The smallest absolute Gasteiger partial charge is 0.242 e. The van der Waals surface area contributed by atoms with E-state index in [1.54, 1.807) is 11.0 Å². The minimum Gasteiger partial charge on any atom is -0.378 e. The summed E-state index contributed by atoms with van der Waals surface area (Å²) in [6.45, 7) is 4.76. The molecule has 7 heteroatoms. The van der Waals surface area contributed by atoms with Crippen LogP contribution in [0.4, 0.5) is 5.82 Å². The van der Waals surface area contributed by atoms with E-state index in [2.05, 4.69) is 15.6 Å². The largest absolute Gasteiger partial charge is 0.378 e. The van der Waals surface area contributed by atoms with Gasteiger partial charge < -0.3 is 20.3 Å². The normalized spacial score (nSPS) is 24.5. The number of carbonyl (C=O) groups excluding carboxylic acids is 2. The molecule has 3 heterocycles. The van der Waals surface area contributed by atoms with Crippen LogP contribution < -0.4 is 10.6 Å². The van der Waals surface area contributed by atoms with Crippen LogP contribution in [0.5, 0.6) is 0 Å². The molecule has 130 valence electrons. The molecule has 0 aromatic carbocycles. The van der Waals surface area contributed by atoms with Crippen molar-refractivity contribution in [2.24, 2.45) is 5.92 Å². The predicted octanol–water partition coefficient (Wildman–Crippen LogP) is 0.556. The summed E-state index contributed by atoms with van der Waals surface area (Å²) < 4.78 is 5.36. The Hall–Kier alpha value is -1.99. The molecular weight excluding hydrogens is 308 g/mol. The van der Waals surface area contributed by atoms with Crippen molar-refractivity contribution in [1.82, 2.24) is 15.2 Å². The van der Waals surface area contributed by atoms with Gasteiger partial charge in [0, 0.05) is 25.3 Å². The van der Waals surface area contributed by atoms with Crippen molar-refractivity contribution < 1.29 is 14.3 Å². The maximum atomic E-state index is 12.6. The summed E-state index contributed by atoms with van der Waals surface area (Å²) >= 11 is 0. The number of piperidine rings is 1. The highest BCUT2D eigenvalue weighted by molar-refractivity contribution is 5.92. The molecule has 2 amide bonds. The highest BCUT2D eigenvalue weighted by atomic mass is 16.5. The van der Waals surface area contributed by atoms with E-state index in [4.69, 9.17) is 4.74 Å². The van der Waals surface area contributed by atoms with Crippen LogP contribution in [0.3, 0.4) is 0 Å². The van der Waals surface area contributed by atoms with E-state index in [0.29, 0.717) is 38.7 Å². The quantitative estimate of drug-likeness (QED) is 0.845. The van der Waals surface area contributed by atoms with Crippen molar-refractivity contribution in [1.29, 1.82) is 0 Å². The lowest BCUT2D eigenvalue weighted by Gasteiger charge is -2.35. The maximum Gasteiger partial charge on any atom is 0.242 e. The van der Waals surface area contributed by atoms with E-state index in [0.717, 1.165) is 18.5 Å². The second kappa shape index (κ2) is 7.72. The van der Waals surface area contributed by atoms with Crippen molar-refractivity contribution >= 4 is 17.6 Å². The first kappa shape index (κ1) is 16.9. The summed E-state index contributed by atoms with van der Waals surface area (Å²) in [4.78, 5) is 31.1. The number of aromatic nitrogens is 1. The Morgan fingerprint density at radius 2 is 2.29 bits per heavy atom. The van der Waals surface area contributed by atoms with Gasteiger partial charge in [-0.1, -0.05) is 6.07 Å². The van der Waals surface area contributed by atoms with E-state index in [9.17, 15) is 9.59 Å². The van der Waals surface area contributed by atoms with Crippen molar-refractivity contribution in [2.45, 2.75) is 25.8 Å². The Morgan fingerprint density at radius 3 is 3.04 bits per heavy atom. The fraction of sp³-hybridized carbons (Fsp3) is 0.588. The molecule has 2 fully saturated rings. The van der Waals surface area contributed by atoms with E-state index < -0.39 is 0 Å². The molecule has 2 aliphatic rings. The van der Waals surface area contributed by atoms with Crippen LogP contribution in [0.25, 0.3) is 0 Å². The number of nitrogens with zero attached hydrogens (tertiary/aromatic N) is 2. The number of aryl methyl sites for hydroxylation is 1. The molecule has 1 aromatic heterocycles. The third-order valence-corrected chi connectivity index (χ3v) is 4.46. The first-order chi connectivity index (χ1) is 11.6. The van der Waals surface area contributed by atoms with Gasteiger partial charge in [-0.2, -0.15) is 0 Å². The van der Waals surface area contributed by atoms with E-state index in [1.165, 1.54) is 0 Å². The molecule has 7 nitrogen and oxygen atoms in total. The zero-order valence-corrected chi connectivity index (χ0v) is 14.0. The number of hydrogen-bond acceptors (Lipinski definition) is 5. The first-order valence-electron chi connectivity index (χ1n) is 8.48. The number of ether oxygens (including phenoxy) is 1. The summed E-state index contributed by atoms with van der Waals surface area (Å²) in [5.41, 5.74) is 0.858. The zero-order chi connectivity index (χ0) is 16.9. The van der Waals surface area contributed by atoms with Gasteiger partial charge in [0.15, 0.2) is 0 Å². The molecule has 0 radical (unpaired) electrons. The number of morpholine rings is 1. The standard InChI is InChI=1S/C17H24N4O3/c1-12-4-2-6-15(19-12)20-16(22)13-5-3-8-21(10-13)17(23)14-11-24-9-7-18-14/h2,4,6,13-14,18H,3,5,7-11H2,1H3,(H,19,20,22). The monoisotopic (exact) mass is 332 g/mol. The fourth-order valence-corrected chi connectivity index (χ4v) is 3.18. The number of amides is 2. The van der Waals surface area contributed by atoms with Crippen molar-refractivity contribution in [3.63, 3.8) is 0 Å². The average Bonchev–Trinajstić information content (AvgIpc) is 2.62. The number of likely N-dealkylation sites (tertiary alicyclic amines) is 1. The number of nitrogens with one attached hydrogen (secondary N) is 2. The van der Waals surface area contributed by atoms with Crippen molar-refractivity contribution in [3.05, 3.63) is 23.9 Å². The average molecular weight is 332 g/mol. The molecule has 0 aliphatic carbocycles. The SMILES string of the molecule is Cc1cccc(NC(=O)C2CCCN(C(=O)C3COCCN3)C2)n1. The summed E-state index contributed by atoms with van der Waals surface area (Å²) in [6, 6.07) is 5.23. The summed E-state index contributed by atoms with van der Waals surface area (Å²) in [6.07, 6.45) is 1.62. The highest BCUT2D eigenvalue weighted by Gasteiger charge is 2.32. The first-order valence-corrected chi connectivity index (χ1v) is 8.48. The van der Waals surface area contributed by atoms with E-state index in [-0.39, 0.29) is 23.8 Å². The highest BCUT2D eigenvalue weighted by Crippen LogP contribution is 2.19. The van der Waals surface area contributed by atoms with E-state index >= 15 is 0 Å². The van der Waals surface area contributed by atoms with Crippen LogP contribution >= 0.6 is 0 Å². The lowest BCUT2D eigenvalue weighted by Crippen LogP contribution is -2.55. The Morgan fingerprint density at radius 1 is 1.42 bits per heavy atom. The second-order valence-electron chi connectivity index (χ2n) is 6.36. The van der Waals surface area contributed by atoms with Crippen LogP contribution in [-0.2, 0) is 14.3 Å². The van der Waals surface area contributed by atoms with Crippen LogP contribution in [0.1, 0.15) is 18.5 Å². The Balaban J connectivity index is 1.58. The van der Waals surface area contributed by atoms with Crippen molar-refractivity contribution in [3.8, 4) is 0 Å². The van der Waals surface area contributed by atoms with Crippen LogP contribution in [0.15, 0.2) is 18.2 Å². The van der Waals surface area contributed by atoms with Gasteiger partial charge in [0.05, 0.1) is 19.1 Å². The fourth-order valence-electron chi connectivity index (χ4n) is 3.18. The van der Waals surface area contributed by atoms with Crippen LogP contribution in [0.2, 0.25) is 0 Å². The number of anilines is 1. The lowest BCUT2D eigenvalue weighted by atomic mass is 9.96. The molecule has 2 unspecified atom stereocenters. The molecule has 2 saturated heterocycles. The zero-order valence-electron chi connectivity index (χ0n) is 14.0. The van der Waals surface area contributed by atoms with Gasteiger partial charge >= 0.3 is 0 Å².